The first-order valence-corrected chi connectivity index (χ1v) is 6.46. The summed E-state index contributed by atoms with van der Waals surface area (Å²) in [7, 11) is 0. The fourth-order valence-corrected chi connectivity index (χ4v) is 1.67. The number of hydrogen-bond acceptors (Lipinski definition) is 1. The van der Waals surface area contributed by atoms with Crippen LogP contribution in [-0.4, -0.2) is 12.7 Å². The van der Waals surface area contributed by atoms with Crippen LogP contribution in [0.3, 0.4) is 0 Å². The Balaban J connectivity index is 3.40. The van der Waals surface area contributed by atoms with Gasteiger partial charge in [0, 0.05) is 6.61 Å². The van der Waals surface area contributed by atoms with Gasteiger partial charge in [-0.25, -0.2) is 0 Å². The van der Waals surface area contributed by atoms with Gasteiger partial charge in [0.25, 0.3) is 0 Å². The van der Waals surface area contributed by atoms with Crippen molar-refractivity contribution in [3.63, 3.8) is 0 Å². The number of rotatable bonds is 10. The van der Waals surface area contributed by atoms with Crippen LogP contribution in [-0.2, 0) is 4.74 Å². The third-order valence-corrected chi connectivity index (χ3v) is 2.59. The van der Waals surface area contributed by atoms with E-state index in [0.717, 1.165) is 6.61 Å². The van der Waals surface area contributed by atoms with Gasteiger partial charge in [-0.15, -0.1) is 0 Å². The second-order valence-electron chi connectivity index (χ2n) is 4.13. The van der Waals surface area contributed by atoms with Gasteiger partial charge in [-0.3, -0.25) is 0 Å². The highest BCUT2D eigenvalue weighted by atomic mass is 16.5. The summed E-state index contributed by atoms with van der Waals surface area (Å²) in [6, 6.07) is 0. The number of hydrogen-bond donors (Lipinski definition) is 0. The lowest BCUT2D eigenvalue weighted by Gasteiger charge is -2.16. The molecule has 1 unspecified atom stereocenters. The predicted molar refractivity (Wildman–Crippen MR) is 63.7 cm³/mol. The molecule has 1 heteroatoms. The Labute approximate surface area is 90.2 Å². The zero-order valence-electron chi connectivity index (χ0n) is 10.3. The van der Waals surface area contributed by atoms with Crippen LogP contribution in [0.5, 0.6) is 0 Å². The van der Waals surface area contributed by atoms with Crippen molar-refractivity contribution in [3.05, 3.63) is 0 Å². The standard InChI is InChI=1S/C13H28O/c1-4-7-9-12-14-13(10-6-3)11-8-5-2/h13H,4-12H2,1-3H3. The molecule has 0 aromatic carbocycles. The minimum absolute atomic E-state index is 0.539. The Hall–Kier alpha value is -0.0400. The molecule has 0 amide bonds. The van der Waals surface area contributed by atoms with Crippen molar-refractivity contribution in [1.29, 1.82) is 0 Å². The largest absolute Gasteiger partial charge is 0.378 e. The molecule has 0 saturated heterocycles. The summed E-state index contributed by atoms with van der Waals surface area (Å²) >= 11 is 0. The Bertz CT molecular complexity index is 101. The van der Waals surface area contributed by atoms with Gasteiger partial charge in [0.1, 0.15) is 0 Å². The molecule has 0 saturated carbocycles. The average molecular weight is 200 g/mol. The molecule has 0 fully saturated rings. The average Bonchev–Trinajstić information content (AvgIpc) is 2.20. The minimum atomic E-state index is 0.539. The number of unbranched alkanes of at least 4 members (excludes halogenated alkanes) is 3. The molecule has 0 aromatic heterocycles. The van der Waals surface area contributed by atoms with Crippen LogP contribution in [0.15, 0.2) is 0 Å². The van der Waals surface area contributed by atoms with Gasteiger partial charge in [0.2, 0.25) is 0 Å². The van der Waals surface area contributed by atoms with Crippen LogP contribution in [0.25, 0.3) is 0 Å². The third-order valence-electron chi connectivity index (χ3n) is 2.59. The molecular formula is C13H28O. The first kappa shape index (κ1) is 14.0. The minimum Gasteiger partial charge on any atom is -0.378 e. The first-order valence-electron chi connectivity index (χ1n) is 6.46. The Morgan fingerprint density at radius 1 is 0.786 bits per heavy atom. The molecule has 0 aliphatic rings. The molecule has 86 valence electrons. The Morgan fingerprint density at radius 2 is 1.50 bits per heavy atom. The van der Waals surface area contributed by atoms with Gasteiger partial charge in [-0.05, 0) is 19.3 Å². The second kappa shape index (κ2) is 11.0. The van der Waals surface area contributed by atoms with E-state index in [2.05, 4.69) is 20.8 Å². The van der Waals surface area contributed by atoms with Crippen molar-refractivity contribution in [1.82, 2.24) is 0 Å². The molecule has 1 atom stereocenters. The van der Waals surface area contributed by atoms with E-state index in [9.17, 15) is 0 Å². The van der Waals surface area contributed by atoms with Gasteiger partial charge < -0.3 is 4.74 Å². The summed E-state index contributed by atoms with van der Waals surface area (Å²) in [5.74, 6) is 0. The predicted octanol–water partition coefficient (Wildman–Crippen LogP) is 4.55. The molecule has 0 rings (SSSR count). The van der Waals surface area contributed by atoms with E-state index in [4.69, 9.17) is 4.74 Å². The monoisotopic (exact) mass is 200 g/mol. The van der Waals surface area contributed by atoms with Gasteiger partial charge in [-0.1, -0.05) is 52.9 Å². The maximum atomic E-state index is 5.89. The topological polar surface area (TPSA) is 9.23 Å². The highest BCUT2D eigenvalue weighted by molar-refractivity contribution is 4.57. The summed E-state index contributed by atoms with van der Waals surface area (Å²) in [5, 5.41) is 0. The van der Waals surface area contributed by atoms with Crippen molar-refractivity contribution in [2.75, 3.05) is 6.61 Å². The van der Waals surface area contributed by atoms with Gasteiger partial charge >= 0.3 is 0 Å². The van der Waals surface area contributed by atoms with Crippen LogP contribution < -0.4 is 0 Å². The highest BCUT2D eigenvalue weighted by Gasteiger charge is 2.06. The van der Waals surface area contributed by atoms with Gasteiger partial charge in [0.15, 0.2) is 0 Å². The van der Waals surface area contributed by atoms with E-state index in [0.29, 0.717) is 6.10 Å². The fraction of sp³-hybridized carbons (Fsp3) is 1.00. The summed E-state index contributed by atoms with van der Waals surface area (Å²) in [4.78, 5) is 0. The van der Waals surface area contributed by atoms with Crippen LogP contribution in [0, 0.1) is 0 Å². The fourth-order valence-electron chi connectivity index (χ4n) is 1.67. The van der Waals surface area contributed by atoms with Gasteiger partial charge in [-0.2, -0.15) is 0 Å². The van der Waals surface area contributed by atoms with E-state index in [1.165, 1.54) is 51.4 Å². The number of ether oxygens (including phenoxy) is 1. The lowest BCUT2D eigenvalue weighted by molar-refractivity contribution is 0.0375. The molecule has 0 aliphatic carbocycles. The maximum Gasteiger partial charge on any atom is 0.0575 e. The SMILES string of the molecule is CCCCCOC(CCC)CCCC. The van der Waals surface area contributed by atoms with Crippen molar-refractivity contribution in [2.24, 2.45) is 0 Å². The molecule has 0 spiro atoms. The Morgan fingerprint density at radius 3 is 2.07 bits per heavy atom. The smallest absolute Gasteiger partial charge is 0.0575 e. The zero-order valence-corrected chi connectivity index (χ0v) is 10.3. The first-order chi connectivity index (χ1) is 6.85. The lowest BCUT2D eigenvalue weighted by atomic mass is 10.1. The van der Waals surface area contributed by atoms with Crippen molar-refractivity contribution < 1.29 is 4.74 Å². The van der Waals surface area contributed by atoms with E-state index >= 15 is 0 Å². The molecule has 0 radical (unpaired) electrons. The van der Waals surface area contributed by atoms with Crippen molar-refractivity contribution >= 4 is 0 Å². The normalized spacial score (nSPS) is 13.1. The molecule has 0 bridgehead atoms. The van der Waals surface area contributed by atoms with E-state index in [1.54, 1.807) is 0 Å². The molecular weight excluding hydrogens is 172 g/mol. The molecule has 0 aromatic rings. The van der Waals surface area contributed by atoms with Crippen molar-refractivity contribution in [3.8, 4) is 0 Å². The zero-order chi connectivity index (χ0) is 10.6. The maximum absolute atomic E-state index is 5.89. The van der Waals surface area contributed by atoms with Crippen molar-refractivity contribution in [2.45, 2.75) is 78.2 Å². The molecule has 14 heavy (non-hydrogen) atoms. The summed E-state index contributed by atoms with van der Waals surface area (Å²) in [6.45, 7) is 7.71. The molecule has 0 aliphatic heterocycles. The quantitative estimate of drug-likeness (QED) is 0.470. The van der Waals surface area contributed by atoms with Crippen LogP contribution >= 0.6 is 0 Å². The van der Waals surface area contributed by atoms with E-state index < -0.39 is 0 Å². The van der Waals surface area contributed by atoms with Crippen LogP contribution in [0.4, 0.5) is 0 Å². The highest BCUT2D eigenvalue weighted by Crippen LogP contribution is 2.11. The third kappa shape index (κ3) is 8.55. The summed E-state index contributed by atoms with van der Waals surface area (Å²) < 4.78 is 5.89. The molecule has 0 N–H and O–H groups in total. The summed E-state index contributed by atoms with van der Waals surface area (Å²) in [6.07, 6.45) is 10.7. The van der Waals surface area contributed by atoms with E-state index in [1.807, 2.05) is 0 Å². The van der Waals surface area contributed by atoms with Gasteiger partial charge in [0.05, 0.1) is 6.10 Å². The van der Waals surface area contributed by atoms with Crippen LogP contribution in [0.1, 0.15) is 72.1 Å². The summed E-state index contributed by atoms with van der Waals surface area (Å²) in [5.41, 5.74) is 0. The van der Waals surface area contributed by atoms with Crippen LogP contribution in [0.2, 0.25) is 0 Å². The molecule has 1 nitrogen and oxygen atoms in total. The lowest BCUT2D eigenvalue weighted by Crippen LogP contribution is -2.13. The molecule has 0 heterocycles. The second-order valence-corrected chi connectivity index (χ2v) is 4.13. The van der Waals surface area contributed by atoms with E-state index in [-0.39, 0.29) is 0 Å². The Kier molecular flexibility index (Phi) is 11.0.